The molecular formula is C13H19N3O. The fourth-order valence-electron chi connectivity index (χ4n) is 1.79. The molecule has 0 fully saturated rings. The molecule has 0 bridgehead atoms. The molecule has 2 heterocycles. The first-order chi connectivity index (χ1) is 8.20. The Balaban J connectivity index is 2.10. The Bertz CT molecular complexity index is 472. The summed E-state index contributed by atoms with van der Waals surface area (Å²) in [5.74, 6) is 2.54. The monoisotopic (exact) mass is 233 g/mol. The molecule has 3 N–H and O–H groups in total. The van der Waals surface area contributed by atoms with Gasteiger partial charge in [0.2, 0.25) is 0 Å². The van der Waals surface area contributed by atoms with Crippen molar-refractivity contribution in [2.45, 2.75) is 39.2 Å². The first kappa shape index (κ1) is 11.9. The van der Waals surface area contributed by atoms with E-state index in [-0.39, 0.29) is 6.04 Å². The Hall–Kier alpha value is -1.55. The smallest absolute Gasteiger partial charge is 0.152 e. The predicted molar refractivity (Wildman–Crippen MR) is 67.5 cm³/mol. The summed E-state index contributed by atoms with van der Waals surface area (Å²) in [7, 11) is 0. The van der Waals surface area contributed by atoms with Gasteiger partial charge in [-0.1, -0.05) is 19.8 Å². The minimum atomic E-state index is -0.0141. The van der Waals surface area contributed by atoms with E-state index in [0.717, 1.165) is 42.3 Å². The highest BCUT2D eigenvalue weighted by Crippen LogP contribution is 2.22. The van der Waals surface area contributed by atoms with Gasteiger partial charge in [-0.25, -0.2) is 4.98 Å². The number of hydrogen-bond donors (Lipinski definition) is 2. The molecule has 0 spiro atoms. The van der Waals surface area contributed by atoms with Crippen LogP contribution in [0.15, 0.2) is 22.7 Å². The van der Waals surface area contributed by atoms with Crippen LogP contribution < -0.4 is 5.73 Å². The summed E-state index contributed by atoms with van der Waals surface area (Å²) in [5, 5.41) is 0. The normalized spacial score (nSPS) is 12.9. The van der Waals surface area contributed by atoms with Gasteiger partial charge in [-0.15, -0.1) is 0 Å². The lowest BCUT2D eigenvalue weighted by molar-refractivity contribution is 0.545. The second kappa shape index (κ2) is 5.19. The van der Waals surface area contributed by atoms with Crippen LogP contribution in [0.4, 0.5) is 0 Å². The third-order valence-corrected chi connectivity index (χ3v) is 2.82. The van der Waals surface area contributed by atoms with Crippen molar-refractivity contribution in [3.05, 3.63) is 29.9 Å². The number of aryl methyl sites for hydroxylation is 1. The van der Waals surface area contributed by atoms with Crippen molar-refractivity contribution in [3.8, 4) is 11.5 Å². The molecule has 2 aromatic rings. The van der Waals surface area contributed by atoms with Crippen molar-refractivity contribution in [1.29, 1.82) is 0 Å². The van der Waals surface area contributed by atoms with E-state index >= 15 is 0 Å². The molecule has 2 aromatic heterocycles. The summed E-state index contributed by atoms with van der Waals surface area (Å²) in [4.78, 5) is 7.54. The summed E-state index contributed by atoms with van der Waals surface area (Å²) < 4.78 is 5.53. The molecule has 92 valence electrons. The Labute approximate surface area is 101 Å². The molecule has 0 radical (unpaired) electrons. The number of imidazole rings is 1. The Morgan fingerprint density at radius 1 is 1.47 bits per heavy atom. The zero-order valence-corrected chi connectivity index (χ0v) is 10.4. The van der Waals surface area contributed by atoms with Crippen molar-refractivity contribution in [3.63, 3.8) is 0 Å². The standard InChI is InChI=1S/C13H19N3O/c1-3-4-5-10(14)13-15-8-11(16-13)12-7-6-9(2)17-12/h6-8,10H,3-5,14H2,1-2H3,(H,15,16). The van der Waals surface area contributed by atoms with Crippen LogP contribution in [0, 0.1) is 6.92 Å². The van der Waals surface area contributed by atoms with E-state index < -0.39 is 0 Å². The second-order valence-electron chi connectivity index (χ2n) is 4.34. The van der Waals surface area contributed by atoms with Crippen LogP contribution in [-0.2, 0) is 0 Å². The molecule has 0 amide bonds. The molecular weight excluding hydrogens is 214 g/mol. The molecule has 0 aliphatic heterocycles. The number of aromatic nitrogens is 2. The van der Waals surface area contributed by atoms with Gasteiger partial charge in [0.05, 0.1) is 12.2 Å². The summed E-state index contributed by atoms with van der Waals surface area (Å²) in [6.45, 7) is 4.08. The minimum absolute atomic E-state index is 0.0141. The zero-order valence-electron chi connectivity index (χ0n) is 10.4. The van der Waals surface area contributed by atoms with Crippen molar-refractivity contribution in [2.75, 3.05) is 0 Å². The lowest BCUT2D eigenvalue weighted by Crippen LogP contribution is -2.11. The van der Waals surface area contributed by atoms with Crippen LogP contribution in [0.1, 0.15) is 43.8 Å². The fourth-order valence-corrected chi connectivity index (χ4v) is 1.79. The van der Waals surface area contributed by atoms with Gasteiger partial charge in [0.25, 0.3) is 0 Å². The van der Waals surface area contributed by atoms with Gasteiger partial charge in [-0.05, 0) is 25.5 Å². The van der Waals surface area contributed by atoms with Gasteiger partial charge < -0.3 is 15.1 Å². The second-order valence-corrected chi connectivity index (χ2v) is 4.34. The third kappa shape index (κ3) is 2.77. The molecule has 0 aromatic carbocycles. The molecule has 0 saturated carbocycles. The van der Waals surface area contributed by atoms with Crippen LogP contribution in [0.3, 0.4) is 0 Å². The average molecular weight is 233 g/mol. The lowest BCUT2D eigenvalue weighted by Gasteiger charge is -2.06. The number of hydrogen-bond acceptors (Lipinski definition) is 3. The molecule has 4 nitrogen and oxygen atoms in total. The van der Waals surface area contributed by atoms with Gasteiger partial charge in [0.15, 0.2) is 5.76 Å². The largest absolute Gasteiger partial charge is 0.460 e. The first-order valence-corrected chi connectivity index (χ1v) is 6.08. The molecule has 17 heavy (non-hydrogen) atoms. The van der Waals surface area contributed by atoms with E-state index in [9.17, 15) is 0 Å². The van der Waals surface area contributed by atoms with E-state index in [1.807, 2.05) is 19.1 Å². The van der Waals surface area contributed by atoms with Crippen molar-refractivity contribution < 1.29 is 4.42 Å². The average Bonchev–Trinajstić information content (AvgIpc) is 2.93. The summed E-state index contributed by atoms with van der Waals surface area (Å²) >= 11 is 0. The third-order valence-electron chi connectivity index (χ3n) is 2.82. The van der Waals surface area contributed by atoms with Crippen LogP contribution in [0.2, 0.25) is 0 Å². The Morgan fingerprint density at radius 2 is 2.29 bits per heavy atom. The molecule has 1 unspecified atom stereocenters. The maximum atomic E-state index is 6.05. The van der Waals surface area contributed by atoms with Gasteiger partial charge in [-0.3, -0.25) is 0 Å². The quantitative estimate of drug-likeness (QED) is 0.833. The van der Waals surface area contributed by atoms with Gasteiger partial charge >= 0.3 is 0 Å². The Morgan fingerprint density at radius 3 is 2.94 bits per heavy atom. The highest BCUT2D eigenvalue weighted by atomic mass is 16.3. The number of rotatable bonds is 5. The van der Waals surface area contributed by atoms with Crippen LogP contribution in [-0.4, -0.2) is 9.97 Å². The topological polar surface area (TPSA) is 67.8 Å². The van der Waals surface area contributed by atoms with Crippen molar-refractivity contribution in [2.24, 2.45) is 5.73 Å². The molecule has 4 heteroatoms. The summed E-state index contributed by atoms with van der Waals surface area (Å²) in [6, 6.07) is 3.86. The molecule has 0 aliphatic rings. The molecule has 0 saturated heterocycles. The van der Waals surface area contributed by atoms with Crippen molar-refractivity contribution in [1.82, 2.24) is 9.97 Å². The zero-order chi connectivity index (χ0) is 12.3. The van der Waals surface area contributed by atoms with E-state index in [0.29, 0.717) is 0 Å². The maximum absolute atomic E-state index is 6.05. The number of unbranched alkanes of at least 4 members (excludes halogenated alkanes) is 1. The minimum Gasteiger partial charge on any atom is -0.460 e. The number of H-pyrrole nitrogens is 1. The van der Waals surface area contributed by atoms with E-state index in [1.165, 1.54) is 0 Å². The SMILES string of the molecule is CCCCC(N)c1ncc(-c2ccc(C)o2)[nH]1. The highest BCUT2D eigenvalue weighted by molar-refractivity contribution is 5.51. The molecule has 0 aliphatic carbocycles. The number of nitrogens with zero attached hydrogens (tertiary/aromatic N) is 1. The van der Waals surface area contributed by atoms with E-state index in [2.05, 4.69) is 16.9 Å². The van der Waals surface area contributed by atoms with Crippen LogP contribution in [0.25, 0.3) is 11.5 Å². The lowest BCUT2D eigenvalue weighted by atomic mass is 10.1. The first-order valence-electron chi connectivity index (χ1n) is 6.08. The maximum Gasteiger partial charge on any atom is 0.152 e. The number of nitrogens with one attached hydrogen (secondary N) is 1. The van der Waals surface area contributed by atoms with Gasteiger partial charge in [0, 0.05) is 0 Å². The highest BCUT2D eigenvalue weighted by Gasteiger charge is 2.12. The Kier molecular flexibility index (Phi) is 3.64. The number of furan rings is 1. The number of aromatic amines is 1. The van der Waals surface area contributed by atoms with Crippen LogP contribution in [0.5, 0.6) is 0 Å². The van der Waals surface area contributed by atoms with Crippen LogP contribution >= 0.6 is 0 Å². The van der Waals surface area contributed by atoms with Gasteiger partial charge in [-0.2, -0.15) is 0 Å². The fraction of sp³-hybridized carbons (Fsp3) is 0.462. The summed E-state index contributed by atoms with van der Waals surface area (Å²) in [6.07, 6.45) is 5.01. The molecule has 2 rings (SSSR count). The summed E-state index contributed by atoms with van der Waals surface area (Å²) in [5.41, 5.74) is 6.94. The van der Waals surface area contributed by atoms with E-state index in [4.69, 9.17) is 10.2 Å². The van der Waals surface area contributed by atoms with E-state index in [1.54, 1.807) is 6.20 Å². The van der Waals surface area contributed by atoms with Gasteiger partial charge in [0.1, 0.15) is 17.3 Å². The predicted octanol–water partition coefficient (Wildman–Crippen LogP) is 3.17. The van der Waals surface area contributed by atoms with Crippen molar-refractivity contribution >= 4 is 0 Å². The number of nitrogens with two attached hydrogens (primary N) is 1. The molecule has 1 atom stereocenters.